The highest BCUT2D eigenvalue weighted by atomic mass is 32.1. The van der Waals surface area contributed by atoms with Crippen molar-refractivity contribution in [2.75, 3.05) is 13.1 Å². The summed E-state index contributed by atoms with van der Waals surface area (Å²) in [5, 5.41) is 9.61. The zero-order valence-electron chi connectivity index (χ0n) is 11.3. The minimum atomic E-state index is -0.0735. The van der Waals surface area contributed by atoms with Crippen LogP contribution in [0, 0.1) is 5.92 Å². The minimum absolute atomic E-state index is 0.0735. The maximum absolute atomic E-state index is 5.52. The third-order valence-corrected chi connectivity index (χ3v) is 4.90. The van der Waals surface area contributed by atoms with Gasteiger partial charge in [-0.15, -0.1) is 11.3 Å². The van der Waals surface area contributed by atoms with Gasteiger partial charge < -0.3 is 9.84 Å². The van der Waals surface area contributed by atoms with Gasteiger partial charge in [-0.3, -0.25) is 0 Å². The van der Waals surface area contributed by atoms with Gasteiger partial charge in [0, 0.05) is 5.41 Å². The highest BCUT2D eigenvalue weighted by Gasteiger charge is 2.37. The maximum atomic E-state index is 5.52. The molecule has 1 aliphatic rings. The molecule has 2 aromatic rings. The molecule has 4 nitrogen and oxygen atoms in total. The first kappa shape index (κ1) is 12.8. The quantitative estimate of drug-likeness (QED) is 0.936. The van der Waals surface area contributed by atoms with Crippen LogP contribution in [0.5, 0.6) is 0 Å². The molecule has 0 amide bonds. The van der Waals surface area contributed by atoms with Crippen LogP contribution >= 0.6 is 11.3 Å². The van der Waals surface area contributed by atoms with E-state index in [2.05, 4.69) is 29.3 Å². The van der Waals surface area contributed by atoms with Crippen molar-refractivity contribution < 1.29 is 4.52 Å². The molecule has 0 bridgehead atoms. The highest BCUT2D eigenvalue weighted by molar-refractivity contribution is 7.13. The van der Waals surface area contributed by atoms with Gasteiger partial charge in [0.1, 0.15) is 0 Å². The lowest BCUT2D eigenvalue weighted by molar-refractivity contribution is 0.196. The summed E-state index contributed by atoms with van der Waals surface area (Å²) in [6.07, 6.45) is 2.44. The number of hydrogen-bond acceptors (Lipinski definition) is 5. The molecule has 1 fully saturated rings. The molecule has 1 saturated heterocycles. The Hall–Kier alpha value is -1.20. The van der Waals surface area contributed by atoms with Crippen molar-refractivity contribution in [3.63, 3.8) is 0 Å². The Balaban J connectivity index is 1.84. The summed E-state index contributed by atoms with van der Waals surface area (Å²) in [7, 11) is 0. The van der Waals surface area contributed by atoms with E-state index in [1.54, 1.807) is 11.3 Å². The van der Waals surface area contributed by atoms with Gasteiger partial charge in [0.2, 0.25) is 11.7 Å². The lowest BCUT2D eigenvalue weighted by Crippen LogP contribution is -2.40. The standard InChI is InChI=1S/C14H19N3OS/c1-14(2,10-5-3-7-15-9-10)13-16-12(17-18-13)11-6-4-8-19-11/h4,6,8,10,15H,3,5,7,9H2,1-2H3. The van der Waals surface area contributed by atoms with E-state index in [0.717, 1.165) is 23.9 Å². The van der Waals surface area contributed by atoms with Crippen LogP contribution in [0.4, 0.5) is 0 Å². The molecule has 0 saturated carbocycles. The van der Waals surface area contributed by atoms with E-state index in [4.69, 9.17) is 4.52 Å². The van der Waals surface area contributed by atoms with Gasteiger partial charge in [-0.25, -0.2) is 0 Å². The molecule has 5 heteroatoms. The first-order chi connectivity index (χ1) is 9.18. The third-order valence-electron chi connectivity index (χ3n) is 4.04. The molecule has 3 heterocycles. The number of hydrogen-bond donors (Lipinski definition) is 1. The molecule has 1 aliphatic heterocycles. The summed E-state index contributed by atoms with van der Waals surface area (Å²) >= 11 is 1.64. The predicted molar refractivity (Wildman–Crippen MR) is 76.2 cm³/mol. The van der Waals surface area contributed by atoms with E-state index in [9.17, 15) is 0 Å². The fourth-order valence-corrected chi connectivity index (χ4v) is 3.28. The van der Waals surface area contributed by atoms with Gasteiger partial charge in [-0.05, 0) is 43.3 Å². The van der Waals surface area contributed by atoms with Crippen LogP contribution in [0.25, 0.3) is 10.7 Å². The molecule has 2 aromatic heterocycles. The number of rotatable bonds is 3. The molecule has 19 heavy (non-hydrogen) atoms. The van der Waals surface area contributed by atoms with E-state index in [1.807, 2.05) is 17.5 Å². The summed E-state index contributed by atoms with van der Waals surface area (Å²) < 4.78 is 5.52. The monoisotopic (exact) mass is 277 g/mol. The third kappa shape index (κ3) is 2.44. The maximum Gasteiger partial charge on any atom is 0.232 e. The van der Waals surface area contributed by atoms with Crippen molar-refractivity contribution in [2.24, 2.45) is 5.92 Å². The van der Waals surface area contributed by atoms with Gasteiger partial charge in [-0.1, -0.05) is 25.1 Å². The number of piperidine rings is 1. The number of aromatic nitrogens is 2. The van der Waals surface area contributed by atoms with E-state index in [0.29, 0.717) is 11.7 Å². The van der Waals surface area contributed by atoms with Gasteiger partial charge in [0.25, 0.3) is 0 Å². The van der Waals surface area contributed by atoms with Crippen molar-refractivity contribution in [1.82, 2.24) is 15.5 Å². The second kappa shape index (κ2) is 5.06. The van der Waals surface area contributed by atoms with Crippen LogP contribution in [-0.2, 0) is 5.41 Å². The van der Waals surface area contributed by atoms with E-state index in [-0.39, 0.29) is 5.41 Å². The Morgan fingerprint density at radius 2 is 2.37 bits per heavy atom. The van der Waals surface area contributed by atoms with Crippen molar-refractivity contribution in [3.8, 4) is 10.7 Å². The molecule has 0 aliphatic carbocycles. The van der Waals surface area contributed by atoms with E-state index in [1.165, 1.54) is 12.8 Å². The predicted octanol–water partition coefficient (Wildman–Crippen LogP) is 3.08. The van der Waals surface area contributed by atoms with E-state index < -0.39 is 0 Å². The van der Waals surface area contributed by atoms with Crippen molar-refractivity contribution >= 4 is 11.3 Å². The van der Waals surface area contributed by atoms with Crippen LogP contribution in [0.2, 0.25) is 0 Å². The van der Waals surface area contributed by atoms with Crippen molar-refractivity contribution in [2.45, 2.75) is 32.1 Å². The molecular formula is C14H19N3OS. The van der Waals surface area contributed by atoms with Crippen molar-refractivity contribution in [3.05, 3.63) is 23.4 Å². The average molecular weight is 277 g/mol. The summed E-state index contributed by atoms with van der Waals surface area (Å²) in [5.41, 5.74) is -0.0735. The van der Waals surface area contributed by atoms with Gasteiger partial charge in [-0.2, -0.15) is 4.98 Å². The Kier molecular flexibility index (Phi) is 3.41. The van der Waals surface area contributed by atoms with E-state index >= 15 is 0 Å². The highest BCUT2D eigenvalue weighted by Crippen LogP contribution is 2.35. The average Bonchev–Trinajstić information content (AvgIpc) is 3.10. The van der Waals surface area contributed by atoms with Gasteiger partial charge >= 0.3 is 0 Å². The summed E-state index contributed by atoms with van der Waals surface area (Å²) in [5.74, 6) is 2.02. The lowest BCUT2D eigenvalue weighted by Gasteiger charge is -2.34. The number of nitrogens with zero attached hydrogens (tertiary/aromatic N) is 2. The number of nitrogens with one attached hydrogen (secondary N) is 1. The first-order valence-corrected chi connectivity index (χ1v) is 7.64. The summed E-state index contributed by atoms with van der Waals surface area (Å²) in [6.45, 7) is 6.56. The second-order valence-electron chi connectivity index (χ2n) is 5.67. The Bertz CT molecular complexity index is 527. The Morgan fingerprint density at radius 3 is 3.05 bits per heavy atom. The molecule has 102 valence electrons. The molecule has 3 rings (SSSR count). The summed E-state index contributed by atoms with van der Waals surface area (Å²) in [4.78, 5) is 5.67. The fourth-order valence-electron chi connectivity index (χ4n) is 2.63. The zero-order chi connectivity index (χ0) is 13.3. The minimum Gasteiger partial charge on any atom is -0.338 e. The molecule has 1 unspecified atom stereocenters. The van der Waals surface area contributed by atoms with Crippen LogP contribution in [0.1, 0.15) is 32.6 Å². The normalized spacial score (nSPS) is 20.6. The topological polar surface area (TPSA) is 51.0 Å². The molecule has 0 aromatic carbocycles. The molecule has 1 atom stereocenters. The molecule has 1 N–H and O–H groups in total. The largest absolute Gasteiger partial charge is 0.338 e. The van der Waals surface area contributed by atoms with Crippen LogP contribution in [0.3, 0.4) is 0 Å². The first-order valence-electron chi connectivity index (χ1n) is 6.76. The molecular weight excluding hydrogens is 258 g/mol. The second-order valence-corrected chi connectivity index (χ2v) is 6.61. The molecule has 0 spiro atoms. The lowest BCUT2D eigenvalue weighted by atomic mass is 9.75. The number of thiophene rings is 1. The van der Waals surface area contributed by atoms with Crippen molar-refractivity contribution in [1.29, 1.82) is 0 Å². The zero-order valence-corrected chi connectivity index (χ0v) is 12.2. The Morgan fingerprint density at radius 1 is 1.47 bits per heavy atom. The fraction of sp³-hybridized carbons (Fsp3) is 0.571. The van der Waals surface area contributed by atoms with Crippen LogP contribution in [-0.4, -0.2) is 23.2 Å². The van der Waals surface area contributed by atoms with Crippen LogP contribution in [0.15, 0.2) is 22.0 Å². The smallest absolute Gasteiger partial charge is 0.232 e. The SMILES string of the molecule is CC(C)(c1nc(-c2cccs2)no1)C1CCCNC1. The van der Waals surface area contributed by atoms with Gasteiger partial charge in [0.15, 0.2) is 0 Å². The Labute approximate surface area is 117 Å². The van der Waals surface area contributed by atoms with Crippen LogP contribution < -0.4 is 5.32 Å². The van der Waals surface area contributed by atoms with Gasteiger partial charge in [0.05, 0.1) is 4.88 Å². The molecule has 0 radical (unpaired) electrons. The summed E-state index contributed by atoms with van der Waals surface area (Å²) in [6, 6.07) is 4.03.